The Bertz CT molecular complexity index is 59.9. The molecule has 1 rings (SSSR count). The second-order valence-corrected chi connectivity index (χ2v) is 1.20. The van der Waals surface area contributed by atoms with Crippen LogP contribution in [0.1, 0.15) is 6.42 Å². The third-order valence-corrected chi connectivity index (χ3v) is 0.681. The molecule has 0 aromatic heterocycles. The molecule has 0 amide bonds. The van der Waals surface area contributed by atoms with Gasteiger partial charge in [-0.1, -0.05) is 0 Å². The number of rotatable bonds is 0. The summed E-state index contributed by atoms with van der Waals surface area (Å²) < 4.78 is 4.58. The molecule has 1 aliphatic rings. The fourth-order valence-electron chi connectivity index (χ4n) is 0.370. The average molecular weight is 85.1 g/mol. The molecule has 1 heterocycles. The van der Waals surface area contributed by atoms with Crippen LogP contribution in [0.15, 0.2) is 0 Å². The van der Waals surface area contributed by atoms with Crippen LogP contribution in [0, 0.1) is 6.61 Å². The molecule has 1 radical (unpaired) electrons. The van der Waals surface area contributed by atoms with E-state index < -0.39 is 0 Å². The fraction of sp³-hybridized carbons (Fsp3) is 0.500. The highest BCUT2D eigenvalue weighted by Gasteiger charge is 2.08. The molecule has 0 bridgehead atoms. The quantitative estimate of drug-likeness (QED) is 0.418. The number of carbonyl (C=O) groups excluding carboxylic acids is 1. The molecule has 1 saturated heterocycles. The van der Waals surface area contributed by atoms with E-state index in [4.69, 9.17) is 0 Å². The van der Waals surface area contributed by atoms with Crippen LogP contribution in [0.2, 0.25) is 0 Å². The monoisotopic (exact) mass is 85.0 g/mol. The van der Waals surface area contributed by atoms with Crippen LogP contribution in [0.4, 0.5) is 0 Å². The molecule has 0 aromatic rings. The summed E-state index contributed by atoms with van der Waals surface area (Å²) in [4.78, 5) is 10.1. The molecule has 2 heteroatoms. The first-order valence-electron chi connectivity index (χ1n) is 1.87. The first-order chi connectivity index (χ1) is 2.89. The van der Waals surface area contributed by atoms with Crippen molar-refractivity contribution in [3.05, 3.63) is 6.61 Å². The summed E-state index contributed by atoms with van der Waals surface area (Å²) in [5.41, 5.74) is 0. The van der Waals surface area contributed by atoms with Gasteiger partial charge < -0.3 is 4.74 Å². The SMILES string of the molecule is O=C1[CH]OCC1. The highest BCUT2D eigenvalue weighted by Crippen LogP contribution is 1.99. The summed E-state index contributed by atoms with van der Waals surface area (Å²) in [5.74, 6) is 0.106. The Morgan fingerprint density at radius 3 is 2.83 bits per heavy atom. The van der Waals surface area contributed by atoms with Gasteiger partial charge in [0.1, 0.15) is 6.61 Å². The maximum Gasteiger partial charge on any atom is 0.167 e. The number of hydrogen-bond acceptors (Lipinski definition) is 2. The lowest BCUT2D eigenvalue weighted by Gasteiger charge is -1.74. The maximum atomic E-state index is 10.1. The molecule has 2 nitrogen and oxygen atoms in total. The second kappa shape index (κ2) is 1.39. The third-order valence-electron chi connectivity index (χ3n) is 0.681. The van der Waals surface area contributed by atoms with Crippen molar-refractivity contribution in [2.24, 2.45) is 0 Å². The normalized spacial score (nSPS) is 22.3. The van der Waals surface area contributed by atoms with E-state index in [-0.39, 0.29) is 5.78 Å². The van der Waals surface area contributed by atoms with E-state index >= 15 is 0 Å². The van der Waals surface area contributed by atoms with Crippen LogP contribution in [0.5, 0.6) is 0 Å². The van der Waals surface area contributed by atoms with Crippen molar-refractivity contribution >= 4 is 5.78 Å². The van der Waals surface area contributed by atoms with E-state index in [0.29, 0.717) is 13.0 Å². The lowest BCUT2D eigenvalue weighted by molar-refractivity contribution is -0.115. The first kappa shape index (κ1) is 3.81. The minimum atomic E-state index is 0.106. The maximum absolute atomic E-state index is 10.1. The predicted molar refractivity (Wildman–Crippen MR) is 19.9 cm³/mol. The molecule has 0 aromatic carbocycles. The number of Topliss-reactive ketones (excluding diaryl/α,β-unsaturated/α-hetero) is 1. The van der Waals surface area contributed by atoms with Crippen molar-refractivity contribution in [1.82, 2.24) is 0 Å². The van der Waals surface area contributed by atoms with Gasteiger partial charge in [-0.2, -0.15) is 0 Å². The van der Waals surface area contributed by atoms with E-state index in [1.54, 1.807) is 0 Å². The molecule has 33 valence electrons. The smallest absolute Gasteiger partial charge is 0.167 e. The average Bonchev–Trinajstić information content (AvgIpc) is 1.86. The molecule has 1 fully saturated rings. The lowest BCUT2D eigenvalue weighted by Crippen LogP contribution is -1.84. The Balaban J connectivity index is 2.37. The molecule has 0 spiro atoms. The zero-order valence-electron chi connectivity index (χ0n) is 3.31. The third kappa shape index (κ3) is 0.571. The van der Waals surface area contributed by atoms with Crippen LogP contribution < -0.4 is 0 Å². The number of hydrogen-bond donors (Lipinski definition) is 0. The lowest BCUT2D eigenvalue weighted by atomic mass is 10.4. The van der Waals surface area contributed by atoms with Gasteiger partial charge in [-0.05, 0) is 0 Å². The van der Waals surface area contributed by atoms with E-state index in [2.05, 4.69) is 4.74 Å². The summed E-state index contributed by atoms with van der Waals surface area (Å²) in [7, 11) is 0. The predicted octanol–water partition coefficient (Wildman–Crippen LogP) is 0.138. The number of ketones is 1. The van der Waals surface area contributed by atoms with Crippen molar-refractivity contribution in [3.63, 3.8) is 0 Å². The van der Waals surface area contributed by atoms with Gasteiger partial charge in [0, 0.05) is 6.42 Å². The topological polar surface area (TPSA) is 26.3 Å². The van der Waals surface area contributed by atoms with Gasteiger partial charge in [0.25, 0.3) is 0 Å². The summed E-state index contributed by atoms with van der Waals surface area (Å²) in [5, 5.41) is 0. The molecule has 0 atom stereocenters. The summed E-state index contributed by atoms with van der Waals surface area (Å²) >= 11 is 0. The highest BCUT2D eigenvalue weighted by molar-refractivity contribution is 5.86. The Morgan fingerprint density at radius 2 is 2.67 bits per heavy atom. The molecule has 0 aliphatic carbocycles. The van der Waals surface area contributed by atoms with Gasteiger partial charge in [0.05, 0.1) is 6.61 Å². The van der Waals surface area contributed by atoms with Gasteiger partial charge in [0.2, 0.25) is 0 Å². The van der Waals surface area contributed by atoms with Crippen molar-refractivity contribution < 1.29 is 9.53 Å². The van der Waals surface area contributed by atoms with Crippen LogP contribution in [-0.4, -0.2) is 12.4 Å². The minimum absolute atomic E-state index is 0.106. The molecule has 0 N–H and O–H groups in total. The number of ether oxygens (including phenoxy) is 1. The Kier molecular flexibility index (Phi) is 0.881. The Hall–Kier alpha value is -0.370. The van der Waals surface area contributed by atoms with Gasteiger partial charge in [0.15, 0.2) is 5.78 Å². The molecule has 0 unspecified atom stereocenters. The van der Waals surface area contributed by atoms with E-state index in [1.165, 1.54) is 6.61 Å². The van der Waals surface area contributed by atoms with Gasteiger partial charge >= 0.3 is 0 Å². The van der Waals surface area contributed by atoms with Crippen LogP contribution >= 0.6 is 0 Å². The zero-order valence-corrected chi connectivity index (χ0v) is 3.31. The van der Waals surface area contributed by atoms with Crippen molar-refractivity contribution in [2.75, 3.05) is 6.61 Å². The molecular formula is C4H5O2. The van der Waals surface area contributed by atoms with Crippen LogP contribution in [-0.2, 0) is 9.53 Å². The first-order valence-corrected chi connectivity index (χ1v) is 1.87. The summed E-state index contributed by atoms with van der Waals surface area (Å²) in [6.07, 6.45) is 0.569. The second-order valence-electron chi connectivity index (χ2n) is 1.20. The van der Waals surface area contributed by atoms with Gasteiger partial charge in [-0.15, -0.1) is 0 Å². The zero-order chi connectivity index (χ0) is 4.41. The standard InChI is InChI=1S/C4H5O2/c5-4-1-2-6-3-4/h3H,1-2H2. The van der Waals surface area contributed by atoms with Crippen molar-refractivity contribution in [2.45, 2.75) is 6.42 Å². The molecule has 6 heavy (non-hydrogen) atoms. The Labute approximate surface area is 36.1 Å². The van der Waals surface area contributed by atoms with Gasteiger partial charge in [-0.25, -0.2) is 0 Å². The summed E-state index contributed by atoms with van der Waals surface area (Å²) in [6.45, 7) is 1.85. The minimum Gasteiger partial charge on any atom is -0.367 e. The molecule has 0 saturated carbocycles. The largest absolute Gasteiger partial charge is 0.367 e. The number of carbonyl (C=O) groups is 1. The van der Waals surface area contributed by atoms with E-state index in [1.807, 2.05) is 0 Å². The molecule has 1 aliphatic heterocycles. The van der Waals surface area contributed by atoms with Crippen LogP contribution in [0.3, 0.4) is 0 Å². The summed E-state index contributed by atoms with van der Waals surface area (Å²) in [6, 6.07) is 0. The van der Waals surface area contributed by atoms with E-state index in [9.17, 15) is 4.79 Å². The van der Waals surface area contributed by atoms with Crippen molar-refractivity contribution in [3.8, 4) is 0 Å². The Morgan fingerprint density at radius 1 is 1.83 bits per heavy atom. The van der Waals surface area contributed by atoms with E-state index in [0.717, 1.165) is 0 Å². The fourth-order valence-corrected chi connectivity index (χ4v) is 0.370. The molecular weight excluding hydrogens is 80.0 g/mol. The van der Waals surface area contributed by atoms with Crippen molar-refractivity contribution in [1.29, 1.82) is 0 Å². The van der Waals surface area contributed by atoms with Crippen LogP contribution in [0.25, 0.3) is 0 Å². The van der Waals surface area contributed by atoms with Gasteiger partial charge in [-0.3, -0.25) is 4.79 Å². The highest BCUT2D eigenvalue weighted by atomic mass is 16.5.